The van der Waals surface area contributed by atoms with Crippen molar-refractivity contribution in [2.75, 3.05) is 14.2 Å². The number of hydrogen-bond donors (Lipinski definition) is 2. The Labute approximate surface area is 159 Å². The summed E-state index contributed by atoms with van der Waals surface area (Å²) in [5.74, 6) is 0.766. The molecule has 144 valence electrons. The van der Waals surface area contributed by atoms with E-state index in [-0.39, 0.29) is 17.9 Å². The molecular formula is C21H26N2O4. The van der Waals surface area contributed by atoms with Gasteiger partial charge in [-0.1, -0.05) is 19.1 Å². The molecule has 0 aliphatic heterocycles. The van der Waals surface area contributed by atoms with Gasteiger partial charge in [-0.3, -0.25) is 9.59 Å². The molecule has 2 aromatic rings. The summed E-state index contributed by atoms with van der Waals surface area (Å²) in [7, 11) is 3.07. The molecule has 0 spiro atoms. The van der Waals surface area contributed by atoms with Crippen LogP contribution in [0.1, 0.15) is 46.5 Å². The summed E-state index contributed by atoms with van der Waals surface area (Å²) in [5, 5.41) is 5.78. The topological polar surface area (TPSA) is 76.7 Å². The molecule has 2 aromatic carbocycles. The number of hydrogen-bond acceptors (Lipinski definition) is 4. The van der Waals surface area contributed by atoms with Crippen molar-refractivity contribution in [1.29, 1.82) is 0 Å². The lowest BCUT2D eigenvalue weighted by atomic mass is 10.1. The predicted octanol–water partition coefficient (Wildman–Crippen LogP) is 3.16. The highest BCUT2D eigenvalue weighted by Gasteiger charge is 2.11. The Morgan fingerprint density at radius 3 is 2.15 bits per heavy atom. The Morgan fingerprint density at radius 2 is 1.56 bits per heavy atom. The Morgan fingerprint density at radius 1 is 0.926 bits per heavy atom. The fraction of sp³-hybridized carbons (Fsp3) is 0.333. The maximum absolute atomic E-state index is 12.3. The molecule has 0 fully saturated rings. The second-order valence-corrected chi connectivity index (χ2v) is 6.23. The van der Waals surface area contributed by atoms with Crippen molar-refractivity contribution in [3.8, 4) is 11.5 Å². The molecule has 6 heteroatoms. The minimum absolute atomic E-state index is 0.0923. The van der Waals surface area contributed by atoms with Crippen molar-refractivity contribution >= 4 is 11.8 Å². The number of methoxy groups -OCH3 is 2. The SMILES string of the molecule is CCC(C)NC(=O)c1ccc(CNC(=O)c2ccc(OC)c(OC)c2)cc1. The smallest absolute Gasteiger partial charge is 0.251 e. The maximum Gasteiger partial charge on any atom is 0.251 e. The molecule has 27 heavy (non-hydrogen) atoms. The van der Waals surface area contributed by atoms with Crippen LogP contribution in [0.5, 0.6) is 11.5 Å². The zero-order chi connectivity index (χ0) is 19.8. The highest BCUT2D eigenvalue weighted by atomic mass is 16.5. The van der Waals surface area contributed by atoms with Crippen LogP contribution in [0, 0.1) is 0 Å². The lowest BCUT2D eigenvalue weighted by molar-refractivity contribution is 0.0934. The van der Waals surface area contributed by atoms with E-state index < -0.39 is 0 Å². The number of nitrogens with one attached hydrogen (secondary N) is 2. The van der Waals surface area contributed by atoms with Gasteiger partial charge in [0, 0.05) is 23.7 Å². The van der Waals surface area contributed by atoms with Crippen molar-refractivity contribution in [3.63, 3.8) is 0 Å². The molecule has 0 bridgehead atoms. The maximum atomic E-state index is 12.3. The van der Waals surface area contributed by atoms with E-state index in [1.54, 1.807) is 37.4 Å². The number of amides is 2. The number of carbonyl (C=O) groups is 2. The molecule has 0 radical (unpaired) electrons. The summed E-state index contributed by atoms with van der Waals surface area (Å²) in [6.45, 7) is 4.35. The summed E-state index contributed by atoms with van der Waals surface area (Å²) in [5.41, 5.74) is 1.99. The summed E-state index contributed by atoms with van der Waals surface area (Å²) >= 11 is 0. The van der Waals surface area contributed by atoms with Crippen LogP contribution < -0.4 is 20.1 Å². The van der Waals surface area contributed by atoms with E-state index in [0.29, 0.717) is 29.2 Å². The zero-order valence-electron chi connectivity index (χ0n) is 16.2. The van der Waals surface area contributed by atoms with Gasteiger partial charge in [0.1, 0.15) is 0 Å². The van der Waals surface area contributed by atoms with E-state index in [2.05, 4.69) is 10.6 Å². The Kier molecular flexibility index (Phi) is 7.23. The Bertz CT molecular complexity index is 787. The van der Waals surface area contributed by atoms with Gasteiger partial charge in [-0.15, -0.1) is 0 Å². The summed E-state index contributed by atoms with van der Waals surface area (Å²) in [6, 6.07) is 12.3. The first kappa shape index (κ1) is 20.3. The van der Waals surface area contributed by atoms with Crippen molar-refractivity contribution in [2.45, 2.75) is 32.9 Å². The third kappa shape index (κ3) is 5.48. The molecule has 1 atom stereocenters. The van der Waals surface area contributed by atoms with Gasteiger partial charge in [0.2, 0.25) is 0 Å². The van der Waals surface area contributed by atoms with Crippen molar-refractivity contribution in [3.05, 3.63) is 59.2 Å². The highest BCUT2D eigenvalue weighted by molar-refractivity contribution is 5.95. The largest absolute Gasteiger partial charge is 0.493 e. The molecule has 0 saturated carbocycles. The van der Waals surface area contributed by atoms with Crippen LogP contribution in [0.25, 0.3) is 0 Å². The monoisotopic (exact) mass is 370 g/mol. The first-order valence-electron chi connectivity index (χ1n) is 8.88. The van der Waals surface area contributed by atoms with Gasteiger partial charge in [0.05, 0.1) is 14.2 Å². The van der Waals surface area contributed by atoms with Crippen LogP contribution in [-0.2, 0) is 6.54 Å². The van der Waals surface area contributed by atoms with Crippen molar-refractivity contribution < 1.29 is 19.1 Å². The minimum Gasteiger partial charge on any atom is -0.493 e. The summed E-state index contributed by atoms with van der Waals surface area (Å²) < 4.78 is 10.4. The highest BCUT2D eigenvalue weighted by Crippen LogP contribution is 2.27. The van der Waals surface area contributed by atoms with E-state index in [1.165, 1.54) is 7.11 Å². The molecule has 0 aliphatic carbocycles. The van der Waals surface area contributed by atoms with E-state index >= 15 is 0 Å². The average Bonchev–Trinajstić information content (AvgIpc) is 2.71. The number of rotatable bonds is 8. The van der Waals surface area contributed by atoms with Crippen LogP contribution >= 0.6 is 0 Å². The van der Waals surface area contributed by atoms with Crippen LogP contribution in [0.4, 0.5) is 0 Å². The van der Waals surface area contributed by atoms with E-state index in [1.807, 2.05) is 26.0 Å². The van der Waals surface area contributed by atoms with Crippen molar-refractivity contribution in [1.82, 2.24) is 10.6 Å². The van der Waals surface area contributed by atoms with Gasteiger partial charge in [0.15, 0.2) is 11.5 Å². The minimum atomic E-state index is -0.213. The second-order valence-electron chi connectivity index (χ2n) is 6.23. The molecule has 6 nitrogen and oxygen atoms in total. The molecule has 0 saturated heterocycles. The molecule has 2 rings (SSSR count). The Balaban J connectivity index is 1.96. The fourth-order valence-corrected chi connectivity index (χ4v) is 2.45. The molecule has 0 aromatic heterocycles. The van der Waals surface area contributed by atoms with E-state index in [9.17, 15) is 9.59 Å². The quantitative estimate of drug-likeness (QED) is 0.748. The second kappa shape index (κ2) is 9.62. The van der Waals surface area contributed by atoms with E-state index in [4.69, 9.17) is 9.47 Å². The van der Waals surface area contributed by atoms with Gasteiger partial charge >= 0.3 is 0 Å². The number of benzene rings is 2. The van der Waals surface area contributed by atoms with Gasteiger partial charge in [0.25, 0.3) is 11.8 Å². The van der Waals surface area contributed by atoms with Crippen molar-refractivity contribution in [2.24, 2.45) is 0 Å². The summed E-state index contributed by atoms with van der Waals surface area (Å²) in [6.07, 6.45) is 0.881. The number of carbonyl (C=O) groups excluding carboxylic acids is 2. The first-order chi connectivity index (χ1) is 13.0. The van der Waals surface area contributed by atoms with Gasteiger partial charge in [-0.05, 0) is 49.2 Å². The average molecular weight is 370 g/mol. The zero-order valence-corrected chi connectivity index (χ0v) is 16.2. The van der Waals surface area contributed by atoms with E-state index in [0.717, 1.165) is 12.0 Å². The van der Waals surface area contributed by atoms with Crippen LogP contribution in [-0.4, -0.2) is 32.1 Å². The van der Waals surface area contributed by atoms with Gasteiger partial charge in [-0.2, -0.15) is 0 Å². The Hall–Kier alpha value is -3.02. The van der Waals surface area contributed by atoms with Crippen LogP contribution in [0.15, 0.2) is 42.5 Å². The predicted molar refractivity (Wildman–Crippen MR) is 104 cm³/mol. The summed E-state index contributed by atoms with van der Waals surface area (Å²) in [4.78, 5) is 24.4. The number of ether oxygens (including phenoxy) is 2. The lowest BCUT2D eigenvalue weighted by Crippen LogP contribution is -2.31. The molecule has 0 heterocycles. The normalized spacial score (nSPS) is 11.4. The van der Waals surface area contributed by atoms with Gasteiger partial charge < -0.3 is 20.1 Å². The molecule has 0 aliphatic rings. The third-order valence-corrected chi connectivity index (χ3v) is 4.30. The van der Waals surface area contributed by atoms with Gasteiger partial charge in [-0.25, -0.2) is 0 Å². The lowest BCUT2D eigenvalue weighted by Gasteiger charge is -2.12. The fourth-order valence-electron chi connectivity index (χ4n) is 2.45. The van der Waals surface area contributed by atoms with Crippen LogP contribution in [0.3, 0.4) is 0 Å². The van der Waals surface area contributed by atoms with Crippen LogP contribution in [0.2, 0.25) is 0 Å². The standard InChI is InChI=1S/C21H26N2O4/c1-5-14(2)23-21(25)16-8-6-15(7-9-16)13-22-20(24)17-10-11-18(26-3)19(12-17)27-4/h6-12,14H,5,13H2,1-4H3,(H,22,24)(H,23,25). The third-order valence-electron chi connectivity index (χ3n) is 4.30. The molecular weight excluding hydrogens is 344 g/mol. The molecule has 1 unspecified atom stereocenters. The molecule has 2 N–H and O–H groups in total. The molecule has 2 amide bonds. The first-order valence-corrected chi connectivity index (χ1v) is 8.88.